The van der Waals surface area contributed by atoms with Crippen molar-refractivity contribution in [2.45, 2.75) is 74.3 Å². The van der Waals surface area contributed by atoms with Gasteiger partial charge in [-0.1, -0.05) is 0 Å². The first-order chi connectivity index (χ1) is 12.4. The minimum atomic E-state index is -2.21. The maximum absolute atomic E-state index is 11.1. The monoisotopic (exact) mass is 400 g/mol. The number of aliphatic carboxylic acids is 1. The number of aliphatic hydroxyl groups excluding tert-OH is 8. The van der Waals surface area contributed by atoms with E-state index in [2.05, 4.69) is 0 Å². The van der Waals surface area contributed by atoms with E-state index in [0.29, 0.717) is 0 Å². The number of carboxylic acids is 1. The molecule has 0 saturated carbocycles. The second-order valence-electron chi connectivity index (χ2n) is 6.17. The van der Waals surface area contributed by atoms with E-state index < -0.39 is 73.3 Å². The molecule has 1 aliphatic rings. The Bertz CT molecular complexity index is 499. The highest BCUT2D eigenvalue weighted by molar-refractivity contribution is 5.73. The van der Waals surface area contributed by atoms with Crippen LogP contribution in [0.2, 0.25) is 0 Å². The Morgan fingerprint density at radius 2 is 1.52 bits per heavy atom. The third-order valence-corrected chi connectivity index (χ3v) is 4.11. The van der Waals surface area contributed by atoms with Crippen LogP contribution >= 0.6 is 0 Å². The number of carbonyl (C=O) groups is 2. The number of hydrogen-bond donors (Lipinski definition) is 9. The summed E-state index contributed by atoms with van der Waals surface area (Å²) < 4.78 is 9.77. The lowest BCUT2D eigenvalue weighted by Crippen LogP contribution is -2.62. The van der Waals surface area contributed by atoms with Gasteiger partial charge in [0, 0.05) is 0 Å². The molecule has 13 nitrogen and oxygen atoms in total. The predicted octanol–water partition coefficient (Wildman–Crippen LogP) is -5.71. The van der Waals surface area contributed by atoms with E-state index in [1.165, 1.54) is 0 Å². The topological polar surface area (TPSA) is 235 Å². The highest BCUT2D eigenvalue weighted by Gasteiger charge is 2.50. The van der Waals surface area contributed by atoms with E-state index in [0.717, 1.165) is 6.92 Å². The number of aldehydes is 1. The highest BCUT2D eigenvalue weighted by Crippen LogP contribution is 2.25. The summed E-state index contributed by atoms with van der Waals surface area (Å²) in [6.07, 6.45) is -22.3. The summed E-state index contributed by atoms with van der Waals surface area (Å²) in [5, 5.41) is 86.6. The predicted molar refractivity (Wildman–Crippen MR) is 81.0 cm³/mol. The second-order valence-corrected chi connectivity index (χ2v) is 6.17. The molecule has 1 aliphatic heterocycles. The molecule has 0 amide bonds. The first kappa shape index (κ1) is 23.8. The molecule has 0 aromatic heterocycles. The highest BCUT2D eigenvalue weighted by atomic mass is 16.7. The Kier molecular flexibility index (Phi) is 8.62. The number of rotatable bonds is 9. The van der Waals surface area contributed by atoms with Gasteiger partial charge in [0.05, 0.1) is 6.10 Å². The van der Waals surface area contributed by atoms with E-state index in [1.807, 2.05) is 0 Å². The number of aliphatic hydroxyl groups is 8. The summed E-state index contributed by atoms with van der Waals surface area (Å²) in [6.45, 7) is 1.08. The molecule has 0 spiro atoms. The number of carboxylic acid groups (broad SMARTS) is 1. The van der Waals surface area contributed by atoms with Crippen molar-refractivity contribution >= 4 is 12.3 Å². The molecule has 1 saturated heterocycles. The van der Waals surface area contributed by atoms with Crippen LogP contribution in [0.5, 0.6) is 0 Å². The lowest BCUT2D eigenvalue weighted by molar-refractivity contribution is -0.319. The molecule has 27 heavy (non-hydrogen) atoms. The maximum Gasteiger partial charge on any atom is 0.335 e. The quantitative estimate of drug-likeness (QED) is 0.164. The molecule has 0 aliphatic carbocycles. The van der Waals surface area contributed by atoms with Gasteiger partial charge in [-0.15, -0.1) is 0 Å². The second kappa shape index (κ2) is 9.79. The van der Waals surface area contributed by atoms with Crippen molar-refractivity contribution in [3.8, 4) is 0 Å². The molecule has 11 unspecified atom stereocenters. The summed E-state index contributed by atoms with van der Waals surface area (Å²) in [7, 11) is 0. The van der Waals surface area contributed by atoms with Crippen LogP contribution in [0.25, 0.3) is 0 Å². The minimum Gasteiger partial charge on any atom is -0.479 e. The van der Waals surface area contributed by atoms with Gasteiger partial charge in [0.2, 0.25) is 0 Å². The summed E-state index contributed by atoms with van der Waals surface area (Å²) in [5.41, 5.74) is 0. The summed E-state index contributed by atoms with van der Waals surface area (Å²) in [4.78, 5) is 21.9. The Labute approximate surface area is 152 Å². The average molecular weight is 400 g/mol. The molecule has 1 heterocycles. The lowest BCUT2D eigenvalue weighted by atomic mass is 9.96. The molecule has 1 fully saturated rings. The standard InChI is InChI=1S/C14H24O13/c1-3(16)5(18)6(19)8(21)11(4(17)2-15)26-14-10(23)7(20)9(22)12(27-14)13(24)25/h2-12,14,16-23H,1H3,(H,24,25). The van der Waals surface area contributed by atoms with Crippen LogP contribution < -0.4 is 0 Å². The van der Waals surface area contributed by atoms with Crippen molar-refractivity contribution in [1.82, 2.24) is 0 Å². The molecular weight excluding hydrogens is 376 g/mol. The number of ether oxygens (including phenoxy) is 2. The minimum absolute atomic E-state index is 0.121. The van der Waals surface area contributed by atoms with Crippen molar-refractivity contribution in [1.29, 1.82) is 0 Å². The summed E-state index contributed by atoms with van der Waals surface area (Å²) in [6, 6.07) is 0. The van der Waals surface area contributed by atoms with Gasteiger partial charge in [0.25, 0.3) is 0 Å². The zero-order valence-corrected chi connectivity index (χ0v) is 14.1. The number of carbonyl (C=O) groups excluding carboxylic acids is 1. The zero-order valence-electron chi connectivity index (χ0n) is 14.1. The Hall–Kier alpha value is -1.26. The van der Waals surface area contributed by atoms with Gasteiger partial charge in [-0.05, 0) is 6.92 Å². The van der Waals surface area contributed by atoms with Crippen LogP contribution in [0, 0.1) is 0 Å². The van der Waals surface area contributed by atoms with Crippen LogP contribution in [0.3, 0.4) is 0 Å². The largest absolute Gasteiger partial charge is 0.479 e. The van der Waals surface area contributed by atoms with Gasteiger partial charge in [-0.25, -0.2) is 4.79 Å². The van der Waals surface area contributed by atoms with Gasteiger partial charge in [-0.3, -0.25) is 0 Å². The summed E-state index contributed by atoms with van der Waals surface area (Å²) >= 11 is 0. The SMILES string of the molecule is CC(O)C(O)C(O)C(O)C(OC1OC(C(=O)O)C(O)C(O)C1O)C(O)C=O. The normalized spacial score (nSPS) is 35.5. The van der Waals surface area contributed by atoms with Gasteiger partial charge in [0.1, 0.15) is 48.8 Å². The molecule has 13 heteroatoms. The van der Waals surface area contributed by atoms with E-state index >= 15 is 0 Å². The fraction of sp³-hybridized carbons (Fsp3) is 0.857. The maximum atomic E-state index is 11.1. The van der Waals surface area contributed by atoms with Gasteiger partial charge >= 0.3 is 5.97 Å². The van der Waals surface area contributed by atoms with Crippen LogP contribution in [0.4, 0.5) is 0 Å². The van der Waals surface area contributed by atoms with Gasteiger partial charge in [0.15, 0.2) is 18.7 Å². The van der Waals surface area contributed by atoms with E-state index in [9.17, 15) is 50.4 Å². The Morgan fingerprint density at radius 3 is 1.96 bits per heavy atom. The van der Waals surface area contributed by atoms with Gasteiger partial charge < -0.3 is 60.2 Å². The Morgan fingerprint density at radius 1 is 0.963 bits per heavy atom. The van der Waals surface area contributed by atoms with Gasteiger partial charge in [-0.2, -0.15) is 0 Å². The third kappa shape index (κ3) is 5.39. The van der Waals surface area contributed by atoms with Crippen molar-refractivity contribution in [2.24, 2.45) is 0 Å². The van der Waals surface area contributed by atoms with Crippen LogP contribution in [-0.4, -0.2) is 126 Å². The molecule has 158 valence electrons. The number of hydrogen-bond acceptors (Lipinski definition) is 12. The van der Waals surface area contributed by atoms with Crippen molar-refractivity contribution in [2.75, 3.05) is 0 Å². The van der Waals surface area contributed by atoms with E-state index in [4.69, 9.17) is 14.6 Å². The smallest absolute Gasteiger partial charge is 0.335 e. The molecule has 11 atom stereocenters. The van der Waals surface area contributed by atoms with Crippen molar-refractivity contribution in [3.63, 3.8) is 0 Å². The Balaban J connectivity index is 3.04. The fourth-order valence-electron chi connectivity index (χ4n) is 2.44. The molecule has 0 aromatic rings. The molecule has 0 radical (unpaired) electrons. The first-order valence-corrected chi connectivity index (χ1v) is 7.87. The van der Waals surface area contributed by atoms with E-state index in [1.54, 1.807) is 0 Å². The molecular formula is C14H24O13. The molecule has 0 aromatic carbocycles. The van der Waals surface area contributed by atoms with Crippen LogP contribution in [0.15, 0.2) is 0 Å². The zero-order chi connectivity index (χ0) is 21.0. The first-order valence-electron chi connectivity index (χ1n) is 7.87. The van der Waals surface area contributed by atoms with Crippen LogP contribution in [-0.2, 0) is 19.1 Å². The molecule has 9 N–H and O–H groups in total. The lowest BCUT2D eigenvalue weighted by Gasteiger charge is -2.41. The molecule has 1 rings (SSSR count). The summed E-state index contributed by atoms with van der Waals surface area (Å²) in [5.74, 6) is -1.72. The average Bonchev–Trinajstić information content (AvgIpc) is 2.62. The van der Waals surface area contributed by atoms with Crippen molar-refractivity contribution in [3.05, 3.63) is 0 Å². The van der Waals surface area contributed by atoms with Crippen molar-refractivity contribution < 1.29 is 65.0 Å². The fourth-order valence-corrected chi connectivity index (χ4v) is 2.44. The van der Waals surface area contributed by atoms with E-state index in [-0.39, 0.29) is 6.29 Å². The van der Waals surface area contributed by atoms with Crippen LogP contribution in [0.1, 0.15) is 6.92 Å². The molecule has 0 bridgehead atoms. The third-order valence-electron chi connectivity index (χ3n) is 4.11.